The van der Waals surface area contributed by atoms with Gasteiger partial charge in [-0.15, -0.1) is 0 Å². The highest BCUT2D eigenvalue weighted by Crippen LogP contribution is 2.32. The fourth-order valence-electron chi connectivity index (χ4n) is 3.55. The van der Waals surface area contributed by atoms with Crippen LogP contribution in [-0.4, -0.2) is 26.6 Å². The molecule has 0 spiro atoms. The Balaban J connectivity index is 1.65. The standard InChI is InChI=1S/C18H22N4O/c1-12-14(13(2)23-21-12)11-22-10-6-5-9-17(22)18-19-15-7-3-4-8-16(15)20-18/h3-4,7-8,17H,5-6,9-11H2,1-2H3,(H,19,20)/t17-/m1/s1. The van der Waals surface area contributed by atoms with Crippen molar-refractivity contribution in [3.05, 3.63) is 47.1 Å². The van der Waals surface area contributed by atoms with E-state index in [0.29, 0.717) is 6.04 Å². The molecule has 1 N–H and O–H groups in total. The molecule has 0 aliphatic carbocycles. The molecule has 3 heterocycles. The van der Waals surface area contributed by atoms with Gasteiger partial charge in [0.1, 0.15) is 11.6 Å². The minimum absolute atomic E-state index is 0.338. The first-order valence-corrected chi connectivity index (χ1v) is 8.33. The van der Waals surface area contributed by atoms with Crippen molar-refractivity contribution in [1.29, 1.82) is 0 Å². The van der Waals surface area contributed by atoms with Crippen molar-refractivity contribution < 1.29 is 4.52 Å². The fraction of sp³-hybridized carbons (Fsp3) is 0.444. The van der Waals surface area contributed by atoms with Gasteiger partial charge in [-0.05, 0) is 45.4 Å². The number of benzene rings is 1. The molecule has 5 heteroatoms. The van der Waals surface area contributed by atoms with E-state index in [0.717, 1.165) is 47.8 Å². The summed E-state index contributed by atoms with van der Waals surface area (Å²) in [6, 6.07) is 8.58. The van der Waals surface area contributed by atoms with Crippen LogP contribution in [0.25, 0.3) is 11.0 Å². The second-order valence-corrected chi connectivity index (χ2v) is 6.42. The van der Waals surface area contributed by atoms with Crippen molar-refractivity contribution in [2.75, 3.05) is 6.54 Å². The van der Waals surface area contributed by atoms with Crippen LogP contribution in [0.4, 0.5) is 0 Å². The molecule has 3 aromatic rings. The summed E-state index contributed by atoms with van der Waals surface area (Å²) in [5.74, 6) is 2.01. The van der Waals surface area contributed by atoms with Crippen molar-refractivity contribution in [3.63, 3.8) is 0 Å². The highest BCUT2D eigenvalue weighted by Gasteiger charge is 2.28. The van der Waals surface area contributed by atoms with Crippen LogP contribution in [0.3, 0.4) is 0 Å². The lowest BCUT2D eigenvalue weighted by Crippen LogP contribution is -2.33. The van der Waals surface area contributed by atoms with E-state index in [-0.39, 0.29) is 0 Å². The molecule has 1 aliphatic heterocycles. The number of para-hydroxylation sites is 2. The summed E-state index contributed by atoms with van der Waals surface area (Å²) < 4.78 is 5.33. The molecule has 120 valence electrons. The van der Waals surface area contributed by atoms with Crippen molar-refractivity contribution in [2.45, 2.75) is 45.7 Å². The Morgan fingerprint density at radius 2 is 2.13 bits per heavy atom. The van der Waals surface area contributed by atoms with Crippen molar-refractivity contribution in [1.82, 2.24) is 20.0 Å². The number of hydrogen-bond donors (Lipinski definition) is 1. The number of imidazole rings is 1. The van der Waals surface area contributed by atoms with Crippen molar-refractivity contribution >= 4 is 11.0 Å². The quantitative estimate of drug-likeness (QED) is 0.797. The molecule has 0 amide bonds. The smallest absolute Gasteiger partial charge is 0.138 e. The van der Waals surface area contributed by atoms with E-state index in [1.165, 1.54) is 18.4 Å². The molecule has 1 atom stereocenters. The minimum Gasteiger partial charge on any atom is -0.361 e. The number of likely N-dealkylation sites (tertiary alicyclic amines) is 1. The lowest BCUT2D eigenvalue weighted by Gasteiger charge is -2.34. The Bertz CT molecular complexity index is 767. The number of rotatable bonds is 3. The summed E-state index contributed by atoms with van der Waals surface area (Å²) in [6.45, 7) is 5.98. The monoisotopic (exact) mass is 310 g/mol. The van der Waals surface area contributed by atoms with Crippen molar-refractivity contribution in [3.8, 4) is 0 Å². The maximum Gasteiger partial charge on any atom is 0.138 e. The van der Waals surface area contributed by atoms with Gasteiger partial charge in [-0.1, -0.05) is 23.7 Å². The summed E-state index contributed by atoms with van der Waals surface area (Å²) in [5.41, 5.74) is 4.38. The van der Waals surface area contributed by atoms with E-state index in [9.17, 15) is 0 Å². The Morgan fingerprint density at radius 3 is 2.91 bits per heavy atom. The summed E-state index contributed by atoms with van der Waals surface area (Å²) >= 11 is 0. The van der Waals surface area contributed by atoms with Crippen LogP contribution in [0.1, 0.15) is 48.1 Å². The third kappa shape index (κ3) is 2.65. The van der Waals surface area contributed by atoms with E-state index >= 15 is 0 Å². The first-order chi connectivity index (χ1) is 11.2. The lowest BCUT2D eigenvalue weighted by atomic mass is 10.0. The van der Waals surface area contributed by atoms with Gasteiger partial charge in [0.15, 0.2) is 0 Å². The van der Waals surface area contributed by atoms with Gasteiger partial charge in [-0.25, -0.2) is 4.98 Å². The Labute approximate surface area is 135 Å². The Hall–Kier alpha value is -2.14. The number of aromatic amines is 1. The molecule has 0 unspecified atom stereocenters. The van der Waals surface area contributed by atoms with E-state index in [2.05, 4.69) is 27.2 Å². The average molecular weight is 310 g/mol. The predicted molar refractivity (Wildman–Crippen MR) is 89.1 cm³/mol. The first-order valence-electron chi connectivity index (χ1n) is 8.33. The summed E-state index contributed by atoms with van der Waals surface area (Å²) in [7, 11) is 0. The molecule has 4 rings (SSSR count). The average Bonchev–Trinajstić information content (AvgIpc) is 3.13. The van der Waals surface area contributed by atoms with Gasteiger partial charge < -0.3 is 9.51 Å². The zero-order valence-corrected chi connectivity index (χ0v) is 13.7. The second kappa shape index (κ2) is 5.81. The van der Waals surface area contributed by atoms with E-state index < -0.39 is 0 Å². The SMILES string of the molecule is Cc1noc(C)c1CN1CCCC[C@@H]1c1nc2ccccc2[nH]1. The largest absolute Gasteiger partial charge is 0.361 e. The number of fused-ring (bicyclic) bond motifs is 1. The third-order valence-corrected chi connectivity index (χ3v) is 4.88. The zero-order chi connectivity index (χ0) is 15.8. The number of hydrogen-bond acceptors (Lipinski definition) is 4. The second-order valence-electron chi connectivity index (χ2n) is 6.42. The van der Waals surface area contributed by atoms with Crippen molar-refractivity contribution in [2.24, 2.45) is 0 Å². The molecule has 23 heavy (non-hydrogen) atoms. The number of aromatic nitrogens is 3. The van der Waals surface area contributed by atoms with Gasteiger partial charge in [-0.2, -0.15) is 0 Å². The maximum absolute atomic E-state index is 5.33. The van der Waals surface area contributed by atoms with Crippen LogP contribution in [-0.2, 0) is 6.54 Å². The molecular weight excluding hydrogens is 288 g/mol. The molecule has 1 aliphatic rings. The minimum atomic E-state index is 0.338. The topological polar surface area (TPSA) is 58.0 Å². The number of piperidine rings is 1. The molecular formula is C18H22N4O. The molecule has 5 nitrogen and oxygen atoms in total. The van der Waals surface area contributed by atoms with Gasteiger partial charge in [0.25, 0.3) is 0 Å². The van der Waals surface area contributed by atoms with Crippen LogP contribution >= 0.6 is 0 Å². The van der Waals surface area contributed by atoms with Crippen LogP contribution in [0.5, 0.6) is 0 Å². The van der Waals surface area contributed by atoms with Gasteiger partial charge in [0.05, 0.1) is 22.8 Å². The Morgan fingerprint density at radius 1 is 1.26 bits per heavy atom. The summed E-state index contributed by atoms with van der Waals surface area (Å²) in [6.07, 6.45) is 3.63. The number of nitrogens with zero attached hydrogens (tertiary/aromatic N) is 3. The highest BCUT2D eigenvalue weighted by molar-refractivity contribution is 5.74. The van der Waals surface area contributed by atoms with Gasteiger partial charge >= 0.3 is 0 Å². The first kappa shape index (κ1) is 14.5. The lowest BCUT2D eigenvalue weighted by molar-refractivity contribution is 0.134. The fourth-order valence-corrected chi connectivity index (χ4v) is 3.55. The molecule has 1 aromatic carbocycles. The molecule has 0 bridgehead atoms. The molecule has 1 saturated heterocycles. The van der Waals surface area contributed by atoms with Crippen LogP contribution in [0.2, 0.25) is 0 Å². The zero-order valence-electron chi connectivity index (χ0n) is 13.7. The van der Waals surface area contributed by atoms with E-state index in [4.69, 9.17) is 9.51 Å². The van der Waals surface area contributed by atoms with Gasteiger partial charge in [-0.3, -0.25) is 4.90 Å². The molecule has 2 aromatic heterocycles. The van der Waals surface area contributed by atoms with Gasteiger partial charge in [0, 0.05) is 12.1 Å². The molecule has 1 fully saturated rings. The third-order valence-electron chi connectivity index (χ3n) is 4.88. The molecule has 0 radical (unpaired) electrons. The van der Waals surface area contributed by atoms with E-state index in [1.807, 2.05) is 26.0 Å². The summed E-state index contributed by atoms with van der Waals surface area (Å²) in [5, 5.41) is 4.09. The van der Waals surface area contributed by atoms with E-state index in [1.54, 1.807) is 0 Å². The maximum atomic E-state index is 5.33. The van der Waals surface area contributed by atoms with Crippen LogP contribution < -0.4 is 0 Å². The predicted octanol–water partition coefficient (Wildman–Crippen LogP) is 3.89. The summed E-state index contributed by atoms with van der Waals surface area (Å²) in [4.78, 5) is 10.8. The Kier molecular flexibility index (Phi) is 3.65. The van der Waals surface area contributed by atoms with Crippen LogP contribution in [0, 0.1) is 13.8 Å². The number of nitrogens with one attached hydrogen (secondary N) is 1. The van der Waals surface area contributed by atoms with Gasteiger partial charge in [0.2, 0.25) is 0 Å². The van der Waals surface area contributed by atoms with Crippen LogP contribution in [0.15, 0.2) is 28.8 Å². The highest BCUT2D eigenvalue weighted by atomic mass is 16.5. The number of aryl methyl sites for hydroxylation is 2. The normalized spacial score (nSPS) is 19.5. The number of H-pyrrole nitrogens is 1. The molecule has 0 saturated carbocycles.